The largest absolute Gasteiger partial charge is 0.493 e. The van der Waals surface area contributed by atoms with Crippen LogP contribution in [0.5, 0.6) is 11.5 Å². The van der Waals surface area contributed by atoms with Crippen molar-refractivity contribution in [1.29, 1.82) is 0 Å². The first kappa shape index (κ1) is 22.7. The number of primary amides is 1. The number of nitrogens with one attached hydrogen (secondary N) is 1. The minimum absolute atomic E-state index is 0.281. The van der Waals surface area contributed by atoms with Gasteiger partial charge in [0.15, 0.2) is 18.1 Å². The first-order valence-corrected chi connectivity index (χ1v) is 9.63. The average Bonchev–Trinajstić information content (AvgIpc) is 2.75. The number of nitrogens with two attached hydrogens (primary N) is 1. The molecule has 2 rings (SSSR count). The number of anilines is 1. The van der Waals surface area contributed by atoms with Crippen LogP contribution in [0.1, 0.15) is 30.6 Å². The third kappa shape index (κ3) is 5.97. The molecule has 0 radical (unpaired) electrons. The fourth-order valence-corrected chi connectivity index (χ4v) is 2.86. The monoisotopic (exact) mass is 413 g/mol. The Morgan fingerprint density at radius 1 is 1.10 bits per heavy atom. The summed E-state index contributed by atoms with van der Waals surface area (Å²) in [6.45, 7) is 3.73. The van der Waals surface area contributed by atoms with Gasteiger partial charge in [-0.2, -0.15) is 0 Å². The van der Waals surface area contributed by atoms with Gasteiger partial charge in [0, 0.05) is 17.8 Å². The molecule has 0 saturated carbocycles. The van der Waals surface area contributed by atoms with E-state index in [-0.39, 0.29) is 18.4 Å². The molecule has 0 aliphatic heterocycles. The lowest BCUT2D eigenvalue weighted by atomic mass is 10.1. The number of benzene rings is 2. The molecular formula is C22H27N3O5. The summed E-state index contributed by atoms with van der Waals surface area (Å²) in [5, 5.41) is 2.82. The maximum atomic E-state index is 13.2. The van der Waals surface area contributed by atoms with Crippen LogP contribution in [0.3, 0.4) is 0 Å². The summed E-state index contributed by atoms with van der Waals surface area (Å²) >= 11 is 0. The van der Waals surface area contributed by atoms with Crippen LogP contribution < -0.4 is 20.5 Å². The van der Waals surface area contributed by atoms with Crippen molar-refractivity contribution in [2.24, 2.45) is 5.73 Å². The van der Waals surface area contributed by atoms with E-state index in [0.29, 0.717) is 35.7 Å². The summed E-state index contributed by atoms with van der Waals surface area (Å²) in [5.41, 5.74) is 6.10. The van der Waals surface area contributed by atoms with Crippen LogP contribution in [0.2, 0.25) is 0 Å². The molecule has 0 spiro atoms. The van der Waals surface area contributed by atoms with Gasteiger partial charge in [-0.05, 0) is 43.7 Å². The summed E-state index contributed by atoms with van der Waals surface area (Å²) in [4.78, 5) is 38.3. The smallest absolute Gasteiger partial charge is 0.255 e. The molecule has 0 aromatic heterocycles. The molecule has 8 heteroatoms. The van der Waals surface area contributed by atoms with E-state index in [1.165, 1.54) is 24.1 Å². The van der Waals surface area contributed by atoms with E-state index in [1.54, 1.807) is 25.1 Å². The fraction of sp³-hybridized carbons (Fsp3) is 0.318. The van der Waals surface area contributed by atoms with Crippen LogP contribution in [0.4, 0.5) is 5.69 Å². The Balaban J connectivity index is 2.20. The van der Waals surface area contributed by atoms with Crippen molar-refractivity contribution in [2.45, 2.75) is 26.3 Å². The van der Waals surface area contributed by atoms with Crippen molar-refractivity contribution >= 4 is 23.4 Å². The molecule has 30 heavy (non-hydrogen) atoms. The highest BCUT2D eigenvalue weighted by molar-refractivity contribution is 6.01. The second kappa shape index (κ2) is 10.8. The number of carbonyl (C=O) groups is 3. The molecule has 0 aliphatic rings. The summed E-state index contributed by atoms with van der Waals surface area (Å²) in [6.07, 6.45) is 0.686. The summed E-state index contributed by atoms with van der Waals surface area (Å²) in [5.74, 6) is -0.627. The molecule has 160 valence electrons. The van der Waals surface area contributed by atoms with E-state index >= 15 is 0 Å². The van der Waals surface area contributed by atoms with E-state index < -0.39 is 11.9 Å². The first-order valence-electron chi connectivity index (χ1n) is 9.63. The van der Waals surface area contributed by atoms with E-state index in [1.807, 2.05) is 25.1 Å². The lowest BCUT2D eigenvalue weighted by molar-refractivity contribution is -0.120. The third-order valence-corrected chi connectivity index (χ3v) is 4.39. The zero-order valence-corrected chi connectivity index (χ0v) is 17.4. The molecule has 0 heterocycles. The lowest BCUT2D eigenvalue weighted by Gasteiger charge is -2.28. The van der Waals surface area contributed by atoms with E-state index in [2.05, 4.69) is 5.32 Å². The van der Waals surface area contributed by atoms with Crippen molar-refractivity contribution in [1.82, 2.24) is 4.90 Å². The van der Waals surface area contributed by atoms with E-state index in [0.717, 1.165) is 0 Å². The normalized spacial score (nSPS) is 11.3. The predicted octanol–water partition coefficient (Wildman–Crippen LogP) is 2.44. The summed E-state index contributed by atoms with van der Waals surface area (Å²) in [7, 11) is 1.43. The highest BCUT2D eigenvalue weighted by Crippen LogP contribution is 2.29. The minimum atomic E-state index is -0.686. The molecular weight excluding hydrogens is 386 g/mol. The zero-order valence-electron chi connectivity index (χ0n) is 17.4. The Morgan fingerprint density at radius 2 is 1.80 bits per heavy atom. The van der Waals surface area contributed by atoms with Gasteiger partial charge in [-0.3, -0.25) is 14.4 Å². The summed E-state index contributed by atoms with van der Waals surface area (Å²) < 4.78 is 10.6. The standard InChI is InChI=1S/C22H27N3O5/c1-4-12-25(15(2)21(27)24-17-8-6-5-7-9-17)22(28)16-10-11-18(19(13-16)29-3)30-14-20(23)26/h5-11,13,15H,4,12,14H2,1-3H3,(H2,23,26)(H,24,27). The number of amides is 3. The molecule has 3 N–H and O–H groups in total. The Morgan fingerprint density at radius 3 is 2.40 bits per heavy atom. The van der Waals surface area contributed by atoms with Gasteiger partial charge in [-0.1, -0.05) is 25.1 Å². The first-order chi connectivity index (χ1) is 14.4. The SMILES string of the molecule is CCCN(C(=O)c1ccc(OCC(N)=O)c(OC)c1)C(C)C(=O)Nc1ccccc1. The Labute approximate surface area is 175 Å². The van der Waals surface area contributed by atoms with Gasteiger partial charge in [0.05, 0.1) is 7.11 Å². The number of hydrogen-bond acceptors (Lipinski definition) is 5. The van der Waals surface area contributed by atoms with Gasteiger partial charge >= 0.3 is 0 Å². The molecule has 0 fully saturated rings. The Hall–Kier alpha value is -3.55. The van der Waals surface area contributed by atoms with Crippen molar-refractivity contribution in [3.8, 4) is 11.5 Å². The molecule has 2 aromatic rings. The predicted molar refractivity (Wildman–Crippen MR) is 114 cm³/mol. The van der Waals surface area contributed by atoms with Crippen LogP contribution in [-0.2, 0) is 9.59 Å². The van der Waals surface area contributed by atoms with Crippen LogP contribution in [0.25, 0.3) is 0 Å². The highest BCUT2D eigenvalue weighted by atomic mass is 16.5. The van der Waals surface area contributed by atoms with Crippen molar-refractivity contribution in [3.05, 3.63) is 54.1 Å². The molecule has 0 bridgehead atoms. The van der Waals surface area contributed by atoms with Crippen molar-refractivity contribution in [2.75, 3.05) is 25.6 Å². The number of ether oxygens (including phenoxy) is 2. The number of rotatable bonds is 10. The third-order valence-electron chi connectivity index (χ3n) is 4.39. The molecule has 0 aliphatic carbocycles. The highest BCUT2D eigenvalue weighted by Gasteiger charge is 2.27. The van der Waals surface area contributed by atoms with Gasteiger partial charge in [-0.15, -0.1) is 0 Å². The molecule has 2 aromatic carbocycles. The minimum Gasteiger partial charge on any atom is -0.493 e. The fourth-order valence-electron chi connectivity index (χ4n) is 2.86. The second-order valence-electron chi connectivity index (χ2n) is 6.65. The summed E-state index contributed by atoms with van der Waals surface area (Å²) in [6, 6.07) is 13.0. The van der Waals surface area contributed by atoms with Gasteiger partial charge < -0.3 is 25.4 Å². The number of methoxy groups -OCH3 is 1. The average molecular weight is 413 g/mol. The van der Waals surface area contributed by atoms with Gasteiger partial charge in [0.2, 0.25) is 5.91 Å². The zero-order chi connectivity index (χ0) is 22.1. The van der Waals surface area contributed by atoms with Crippen LogP contribution >= 0.6 is 0 Å². The van der Waals surface area contributed by atoms with Gasteiger partial charge in [0.1, 0.15) is 6.04 Å². The molecule has 0 saturated heterocycles. The van der Waals surface area contributed by atoms with Crippen LogP contribution in [-0.4, -0.2) is 48.9 Å². The Bertz CT molecular complexity index is 886. The maximum absolute atomic E-state index is 13.2. The topological polar surface area (TPSA) is 111 Å². The lowest BCUT2D eigenvalue weighted by Crippen LogP contribution is -2.46. The molecule has 8 nitrogen and oxygen atoms in total. The van der Waals surface area contributed by atoms with Gasteiger partial charge in [-0.25, -0.2) is 0 Å². The molecule has 1 atom stereocenters. The quantitative estimate of drug-likeness (QED) is 0.621. The van der Waals surface area contributed by atoms with Crippen molar-refractivity contribution < 1.29 is 23.9 Å². The number of nitrogens with zero attached hydrogens (tertiary/aromatic N) is 1. The van der Waals surface area contributed by atoms with Crippen LogP contribution in [0, 0.1) is 0 Å². The molecule has 1 unspecified atom stereocenters. The van der Waals surface area contributed by atoms with Crippen LogP contribution in [0.15, 0.2) is 48.5 Å². The number of para-hydroxylation sites is 1. The Kier molecular flexibility index (Phi) is 8.22. The number of hydrogen-bond donors (Lipinski definition) is 2. The van der Waals surface area contributed by atoms with E-state index in [9.17, 15) is 14.4 Å². The maximum Gasteiger partial charge on any atom is 0.255 e. The van der Waals surface area contributed by atoms with Crippen molar-refractivity contribution in [3.63, 3.8) is 0 Å². The molecule has 3 amide bonds. The number of carbonyl (C=O) groups excluding carboxylic acids is 3. The van der Waals surface area contributed by atoms with Gasteiger partial charge in [0.25, 0.3) is 11.8 Å². The van der Waals surface area contributed by atoms with E-state index in [4.69, 9.17) is 15.2 Å². The second-order valence-corrected chi connectivity index (χ2v) is 6.65.